The van der Waals surface area contributed by atoms with Gasteiger partial charge in [-0.3, -0.25) is 4.98 Å². The third kappa shape index (κ3) is 3.46. The molecule has 0 bridgehead atoms. The summed E-state index contributed by atoms with van der Waals surface area (Å²) < 4.78 is 0. The quantitative estimate of drug-likeness (QED) is 0.712. The van der Waals surface area contributed by atoms with E-state index in [1.54, 1.807) is 0 Å². The van der Waals surface area contributed by atoms with E-state index in [2.05, 4.69) is 43.0 Å². The van der Waals surface area contributed by atoms with E-state index in [9.17, 15) is 0 Å². The van der Waals surface area contributed by atoms with Gasteiger partial charge in [0.25, 0.3) is 0 Å². The number of rotatable bonds is 5. The summed E-state index contributed by atoms with van der Waals surface area (Å²) in [6.07, 6.45) is 6.20. The molecular weight excluding hydrogens is 172 g/mol. The molecule has 1 aromatic heterocycles. The van der Waals surface area contributed by atoms with Gasteiger partial charge in [0.2, 0.25) is 0 Å². The maximum absolute atomic E-state index is 4.05. The zero-order chi connectivity index (χ0) is 10.4. The van der Waals surface area contributed by atoms with E-state index in [1.807, 2.05) is 12.4 Å². The highest BCUT2D eigenvalue weighted by Crippen LogP contribution is 2.22. The Balaban J connectivity index is 2.54. The molecule has 1 heterocycles. The molecule has 78 valence electrons. The first kappa shape index (κ1) is 11.2. The van der Waals surface area contributed by atoms with Crippen LogP contribution in [0, 0.1) is 0 Å². The topological polar surface area (TPSA) is 16.1 Å². The second-order valence-electron chi connectivity index (χ2n) is 3.98. The fraction of sp³-hybridized carbons (Fsp3) is 0.583. The predicted octanol–water partition coefficient (Wildman–Crippen LogP) is 2.53. The van der Waals surface area contributed by atoms with Crippen molar-refractivity contribution < 1.29 is 0 Å². The Kier molecular flexibility index (Phi) is 4.60. The summed E-state index contributed by atoms with van der Waals surface area (Å²) in [6.45, 7) is 3.40. The van der Waals surface area contributed by atoms with E-state index in [1.165, 1.54) is 18.4 Å². The van der Waals surface area contributed by atoms with Crippen LogP contribution in [-0.2, 0) is 0 Å². The Morgan fingerprint density at radius 3 is 2.43 bits per heavy atom. The number of hydrogen-bond acceptors (Lipinski definition) is 2. The first-order valence-electron chi connectivity index (χ1n) is 5.28. The van der Waals surface area contributed by atoms with E-state index >= 15 is 0 Å². The first-order chi connectivity index (χ1) is 6.74. The van der Waals surface area contributed by atoms with Crippen LogP contribution in [0.4, 0.5) is 0 Å². The van der Waals surface area contributed by atoms with Gasteiger partial charge in [0, 0.05) is 12.4 Å². The third-order valence-corrected chi connectivity index (χ3v) is 2.60. The van der Waals surface area contributed by atoms with Crippen LogP contribution in [0.25, 0.3) is 0 Å². The third-order valence-electron chi connectivity index (χ3n) is 2.60. The SMILES string of the molecule is CCC(CCN(C)C)c1ccncc1. The molecule has 0 radical (unpaired) electrons. The van der Waals surface area contributed by atoms with Crippen molar-refractivity contribution in [2.45, 2.75) is 25.7 Å². The van der Waals surface area contributed by atoms with Gasteiger partial charge in [-0.2, -0.15) is 0 Å². The molecule has 0 aliphatic rings. The molecule has 0 N–H and O–H groups in total. The van der Waals surface area contributed by atoms with Gasteiger partial charge in [0.1, 0.15) is 0 Å². The van der Waals surface area contributed by atoms with E-state index < -0.39 is 0 Å². The average Bonchev–Trinajstić information content (AvgIpc) is 2.20. The van der Waals surface area contributed by atoms with Gasteiger partial charge in [-0.1, -0.05) is 6.92 Å². The van der Waals surface area contributed by atoms with Crippen LogP contribution >= 0.6 is 0 Å². The summed E-state index contributed by atoms with van der Waals surface area (Å²) >= 11 is 0. The molecule has 0 aromatic carbocycles. The lowest BCUT2D eigenvalue weighted by molar-refractivity contribution is 0.378. The molecule has 0 saturated carbocycles. The summed E-state index contributed by atoms with van der Waals surface area (Å²) in [5.41, 5.74) is 1.42. The first-order valence-corrected chi connectivity index (χ1v) is 5.28. The minimum absolute atomic E-state index is 0.681. The molecule has 1 aromatic rings. The Labute approximate surface area is 87.0 Å². The highest BCUT2D eigenvalue weighted by Gasteiger charge is 2.08. The number of pyridine rings is 1. The normalized spacial score (nSPS) is 13.1. The molecule has 0 aliphatic heterocycles. The van der Waals surface area contributed by atoms with Gasteiger partial charge in [-0.15, -0.1) is 0 Å². The second-order valence-corrected chi connectivity index (χ2v) is 3.98. The maximum Gasteiger partial charge on any atom is 0.0270 e. The maximum atomic E-state index is 4.05. The minimum Gasteiger partial charge on any atom is -0.309 e. The zero-order valence-corrected chi connectivity index (χ0v) is 9.40. The van der Waals surface area contributed by atoms with Crippen LogP contribution in [0.1, 0.15) is 31.2 Å². The molecule has 0 aliphatic carbocycles. The Morgan fingerprint density at radius 1 is 1.29 bits per heavy atom. The van der Waals surface area contributed by atoms with Crippen molar-refractivity contribution in [3.63, 3.8) is 0 Å². The van der Waals surface area contributed by atoms with Crippen molar-refractivity contribution in [2.24, 2.45) is 0 Å². The molecule has 0 spiro atoms. The van der Waals surface area contributed by atoms with Gasteiger partial charge in [-0.25, -0.2) is 0 Å². The summed E-state index contributed by atoms with van der Waals surface area (Å²) in [4.78, 5) is 6.29. The van der Waals surface area contributed by atoms with Crippen molar-refractivity contribution >= 4 is 0 Å². The minimum atomic E-state index is 0.681. The summed E-state index contributed by atoms with van der Waals surface area (Å²) in [7, 11) is 4.25. The Bertz CT molecular complexity index is 244. The lowest BCUT2D eigenvalue weighted by Crippen LogP contribution is -2.15. The van der Waals surface area contributed by atoms with Crippen molar-refractivity contribution in [3.05, 3.63) is 30.1 Å². The van der Waals surface area contributed by atoms with Gasteiger partial charge in [0.05, 0.1) is 0 Å². The number of nitrogens with zero attached hydrogens (tertiary/aromatic N) is 2. The van der Waals surface area contributed by atoms with Crippen LogP contribution in [0.15, 0.2) is 24.5 Å². The van der Waals surface area contributed by atoms with Crippen LogP contribution in [0.5, 0.6) is 0 Å². The van der Waals surface area contributed by atoms with E-state index in [-0.39, 0.29) is 0 Å². The zero-order valence-electron chi connectivity index (χ0n) is 9.40. The second kappa shape index (κ2) is 5.76. The van der Waals surface area contributed by atoms with Gasteiger partial charge in [-0.05, 0) is 57.1 Å². The summed E-state index contributed by atoms with van der Waals surface area (Å²) in [5, 5.41) is 0. The fourth-order valence-electron chi connectivity index (χ4n) is 1.66. The lowest BCUT2D eigenvalue weighted by atomic mass is 9.94. The average molecular weight is 192 g/mol. The van der Waals surface area contributed by atoms with Crippen molar-refractivity contribution in [2.75, 3.05) is 20.6 Å². The van der Waals surface area contributed by atoms with Crippen LogP contribution in [0.2, 0.25) is 0 Å². The van der Waals surface area contributed by atoms with E-state index in [0.29, 0.717) is 5.92 Å². The Hall–Kier alpha value is -0.890. The molecule has 0 saturated heterocycles. The molecule has 2 nitrogen and oxygen atoms in total. The highest BCUT2D eigenvalue weighted by atomic mass is 15.0. The number of hydrogen-bond donors (Lipinski definition) is 0. The van der Waals surface area contributed by atoms with Gasteiger partial charge < -0.3 is 4.90 Å². The van der Waals surface area contributed by atoms with Gasteiger partial charge in [0.15, 0.2) is 0 Å². The summed E-state index contributed by atoms with van der Waals surface area (Å²) in [6, 6.07) is 4.26. The smallest absolute Gasteiger partial charge is 0.0270 e. The van der Waals surface area contributed by atoms with Crippen LogP contribution in [-0.4, -0.2) is 30.5 Å². The predicted molar refractivity (Wildman–Crippen MR) is 60.4 cm³/mol. The molecule has 1 unspecified atom stereocenters. The fourth-order valence-corrected chi connectivity index (χ4v) is 1.66. The van der Waals surface area contributed by atoms with Gasteiger partial charge >= 0.3 is 0 Å². The monoisotopic (exact) mass is 192 g/mol. The number of aromatic nitrogens is 1. The molecule has 1 rings (SSSR count). The molecule has 0 fully saturated rings. The van der Waals surface area contributed by atoms with Crippen molar-refractivity contribution in [3.8, 4) is 0 Å². The highest BCUT2D eigenvalue weighted by molar-refractivity contribution is 5.15. The molecule has 1 atom stereocenters. The standard InChI is InChI=1S/C12H20N2/c1-4-11(7-10-14(2)3)12-5-8-13-9-6-12/h5-6,8-9,11H,4,7,10H2,1-3H3. The molecule has 0 amide bonds. The largest absolute Gasteiger partial charge is 0.309 e. The van der Waals surface area contributed by atoms with Crippen LogP contribution in [0.3, 0.4) is 0 Å². The molecular formula is C12H20N2. The van der Waals surface area contributed by atoms with Crippen molar-refractivity contribution in [1.82, 2.24) is 9.88 Å². The lowest BCUT2D eigenvalue weighted by Gasteiger charge is -2.17. The molecule has 2 heteroatoms. The van der Waals surface area contributed by atoms with E-state index in [4.69, 9.17) is 0 Å². The Morgan fingerprint density at radius 2 is 1.93 bits per heavy atom. The van der Waals surface area contributed by atoms with E-state index in [0.717, 1.165) is 6.54 Å². The summed E-state index contributed by atoms with van der Waals surface area (Å²) in [5.74, 6) is 0.681. The van der Waals surface area contributed by atoms with Crippen LogP contribution < -0.4 is 0 Å². The van der Waals surface area contributed by atoms with Crippen molar-refractivity contribution in [1.29, 1.82) is 0 Å². The molecule has 14 heavy (non-hydrogen) atoms.